The molecule has 1 aromatic carbocycles. The van der Waals surface area contributed by atoms with Gasteiger partial charge in [-0.3, -0.25) is 4.79 Å². The topological polar surface area (TPSA) is 50.4 Å². The van der Waals surface area contributed by atoms with E-state index in [4.69, 9.17) is 4.74 Å². The molecular weight excluding hydrogens is 320 g/mol. The van der Waals surface area contributed by atoms with Gasteiger partial charge < -0.3 is 15.4 Å². The van der Waals surface area contributed by atoms with E-state index >= 15 is 0 Å². The predicted molar refractivity (Wildman–Crippen MR) is 84.2 cm³/mol. The van der Waals surface area contributed by atoms with Gasteiger partial charge in [0.05, 0.1) is 6.10 Å². The predicted octanol–water partition coefficient (Wildman–Crippen LogP) is 3.32. The summed E-state index contributed by atoms with van der Waals surface area (Å²) in [5.41, 5.74) is 0.762. The first kappa shape index (κ1) is 15.3. The summed E-state index contributed by atoms with van der Waals surface area (Å²) in [6.07, 6.45) is 2.86. The fraction of sp³-hybridized carbons (Fsp3) is 0.533. The van der Waals surface area contributed by atoms with Gasteiger partial charge in [0.25, 0.3) is 0 Å². The van der Waals surface area contributed by atoms with Crippen molar-refractivity contribution in [2.75, 3.05) is 11.9 Å². The smallest absolute Gasteiger partial charge is 0.225 e. The molecule has 0 bridgehead atoms. The second kappa shape index (κ2) is 7.09. The Bertz CT molecular complexity index is 471. The summed E-state index contributed by atoms with van der Waals surface area (Å²) in [5.74, 6) is 0.793. The molecule has 1 saturated heterocycles. The van der Waals surface area contributed by atoms with Gasteiger partial charge in [-0.2, -0.15) is 0 Å². The van der Waals surface area contributed by atoms with Crippen LogP contribution in [0.4, 0.5) is 5.69 Å². The van der Waals surface area contributed by atoms with Crippen LogP contribution in [0.15, 0.2) is 22.7 Å². The van der Waals surface area contributed by atoms with E-state index in [0.29, 0.717) is 12.5 Å². The quantitative estimate of drug-likeness (QED) is 0.864. The van der Waals surface area contributed by atoms with E-state index in [1.165, 1.54) is 0 Å². The Kier molecular flexibility index (Phi) is 5.43. The van der Waals surface area contributed by atoms with Crippen LogP contribution in [-0.4, -0.2) is 24.6 Å². The van der Waals surface area contributed by atoms with Crippen molar-refractivity contribution in [3.63, 3.8) is 0 Å². The Balaban J connectivity index is 1.97. The minimum atomic E-state index is 0.0398. The molecule has 2 N–H and O–H groups in total. The SMILES string of the molecule is CC(C)Oc1cc(Br)cc(NC(=O)CC2CCCN2)c1. The summed E-state index contributed by atoms with van der Waals surface area (Å²) < 4.78 is 6.55. The molecule has 0 radical (unpaired) electrons. The van der Waals surface area contributed by atoms with Crippen molar-refractivity contribution in [2.24, 2.45) is 0 Å². The van der Waals surface area contributed by atoms with Crippen molar-refractivity contribution in [1.82, 2.24) is 5.32 Å². The van der Waals surface area contributed by atoms with E-state index in [2.05, 4.69) is 26.6 Å². The van der Waals surface area contributed by atoms with Crippen molar-refractivity contribution >= 4 is 27.5 Å². The molecule has 1 aliphatic rings. The molecule has 1 amide bonds. The minimum Gasteiger partial charge on any atom is -0.491 e. The highest BCUT2D eigenvalue weighted by Gasteiger charge is 2.17. The van der Waals surface area contributed by atoms with Gasteiger partial charge in [-0.15, -0.1) is 0 Å². The van der Waals surface area contributed by atoms with Gasteiger partial charge in [-0.25, -0.2) is 0 Å². The molecule has 1 fully saturated rings. The monoisotopic (exact) mass is 340 g/mol. The highest BCUT2D eigenvalue weighted by molar-refractivity contribution is 9.10. The van der Waals surface area contributed by atoms with E-state index in [9.17, 15) is 4.79 Å². The number of benzene rings is 1. The number of nitrogens with one attached hydrogen (secondary N) is 2. The number of carbonyl (C=O) groups is 1. The maximum absolute atomic E-state index is 12.0. The highest BCUT2D eigenvalue weighted by Crippen LogP contribution is 2.26. The van der Waals surface area contributed by atoms with Gasteiger partial charge in [0.2, 0.25) is 5.91 Å². The summed E-state index contributed by atoms with van der Waals surface area (Å²) in [5, 5.41) is 6.26. The van der Waals surface area contributed by atoms with Crippen LogP contribution in [0.1, 0.15) is 33.1 Å². The second-order valence-corrected chi connectivity index (χ2v) is 6.30. The summed E-state index contributed by atoms with van der Waals surface area (Å²) >= 11 is 3.44. The second-order valence-electron chi connectivity index (χ2n) is 5.39. The third kappa shape index (κ3) is 4.80. The lowest BCUT2D eigenvalue weighted by Crippen LogP contribution is -2.27. The van der Waals surface area contributed by atoms with E-state index in [1.807, 2.05) is 32.0 Å². The Morgan fingerprint density at radius 2 is 2.30 bits per heavy atom. The lowest BCUT2D eigenvalue weighted by Gasteiger charge is -2.14. The molecular formula is C15H21BrN2O2. The largest absolute Gasteiger partial charge is 0.491 e. The van der Waals surface area contributed by atoms with Gasteiger partial charge in [-0.05, 0) is 45.4 Å². The fourth-order valence-electron chi connectivity index (χ4n) is 2.34. The lowest BCUT2D eigenvalue weighted by atomic mass is 10.1. The first-order valence-electron chi connectivity index (χ1n) is 7.03. The number of ether oxygens (including phenoxy) is 1. The molecule has 4 nitrogen and oxygen atoms in total. The number of rotatable bonds is 5. The van der Waals surface area contributed by atoms with Crippen molar-refractivity contribution in [3.05, 3.63) is 22.7 Å². The standard InChI is InChI=1S/C15H21BrN2O2/c1-10(2)20-14-7-11(16)6-13(8-14)18-15(19)9-12-4-3-5-17-12/h6-8,10,12,17H,3-5,9H2,1-2H3,(H,18,19). The van der Waals surface area contributed by atoms with Crippen LogP contribution < -0.4 is 15.4 Å². The number of anilines is 1. The van der Waals surface area contributed by atoms with Crippen LogP contribution in [0.2, 0.25) is 0 Å². The van der Waals surface area contributed by atoms with Gasteiger partial charge in [0, 0.05) is 28.7 Å². The number of hydrogen-bond donors (Lipinski definition) is 2. The average Bonchev–Trinajstić information content (AvgIpc) is 2.79. The Morgan fingerprint density at radius 1 is 1.50 bits per heavy atom. The summed E-state index contributed by atoms with van der Waals surface area (Å²) in [4.78, 5) is 12.0. The van der Waals surface area contributed by atoms with Crippen LogP contribution >= 0.6 is 15.9 Å². The van der Waals surface area contributed by atoms with E-state index in [0.717, 1.165) is 35.3 Å². The fourth-order valence-corrected chi connectivity index (χ4v) is 2.81. The molecule has 110 valence electrons. The molecule has 0 saturated carbocycles. The molecule has 1 aromatic rings. The number of hydrogen-bond acceptors (Lipinski definition) is 3. The van der Waals surface area contributed by atoms with Gasteiger partial charge in [-0.1, -0.05) is 15.9 Å². The van der Waals surface area contributed by atoms with Crippen LogP contribution in [-0.2, 0) is 4.79 Å². The zero-order chi connectivity index (χ0) is 14.5. The van der Waals surface area contributed by atoms with Crippen LogP contribution in [0.3, 0.4) is 0 Å². The van der Waals surface area contributed by atoms with E-state index in [1.54, 1.807) is 0 Å². The Labute approximate surface area is 128 Å². The maximum atomic E-state index is 12.0. The minimum absolute atomic E-state index is 0.0398. The molecule has 1 aliphatic heterocycles. The number of halogens is 1. The normalized spacial score (nSPS) is 18.3. The lowest BCUT2D eigenvalue weighted by molar-refractivity contribution is -0.116. The number of amides is 1. The molecule has 0 aromatic heterocycles. The zero-order valence-corrected chi connectivity index (χ0v) is 13.5. The molecule has 1 unspecified atom stereocenters. The first-order valence-corrected chi connectivity index (χ1v) is 7.82. The van der Waals surface area contributed by atoms with Gasteiger partial charge >= 0.3 is 0 Å². The van der Waals surface area contributed by atoms with Gasteiger partial charge in [0.1, 0.15) is 5.75 Å². The first-order chi connectivity index (χ1) is 9.52. The molecule has 0 spiro atoms. The Hall–Kier alpha value is -1.07. The van der Waals surface area contributed by atoms with E-state index in [-0.39, 0.29) is 12.0 Å². The van der Waals surface area contributed by atoms with Crippen molar-refractivity contribution in [2.45, 2.75) is 45.3 Å². The van der Waals surface area contributed by atoms with Crippen molar-refractivity contribution in [3.8, 4) is 5.75 Å². The molecule has 1 atom stereocenters. The Morgan fingerprint density at radius 3 is 2.95 bits per heavy atom. The molecule has 5 heteroatoms. The van der Waals surface area contributed by atoms with Gasteiger partial charge in [0.15, 0.2) is 0 Å². The third-order valence-corrected chi connectivity index (χ3v) is 3.58. The highest BCUT2D eigenvalue weighted by atomic mass is 79.9. The number of carbonyl (C=O) groups excluding carboxylic acids is 1. The third-order valence-electron chi connectivity index (χ3n) is 3.12. The van der Waals surface area contributed by atoms with Crippen molar-refractivity contribution in [1.29, 1.82) is 0 Å². The van der Waals surface area contributed by atoms with E-state index < -0.39 is 0 Å². The summed E-state index contributed by atoms with van der Waals surface area (Å²) in [6.45, 7) is 4.97. The average molecular weight is 341 g/mol. The zero-order valence-electron chi connectivity index (χ0n) is 11.9. The summed E-state index contributed by atoms with van der Waals surface area (Å²) in [7, 11) is 0. The van der Waals surface area contributed by atoms with Crippen LogP contribution in [0, 0.1) is 0 Å². The molecule has 1 heterocycles. The van der Waals surface area contributed by atoms with Crippen LogP contribution in [0.25, 0.3) is 0 Å². The van der Waals surface area contributed by atoms with Crippen molar-refractivity contribution < 1.29 is 9.53 Å². The van der Waals surface area contributed by atoms with Crippen LogP contribution in [0.5, 0.6) is 5.75 Å². The molecule has 2 rings (SSSR count). The molecule has 20 heavy (non-hydrogen) atoms. The maximum Gasteiger partial charge on any atom is 0.225 e. The summed E-state index contributed by atoms with van der Waals surface area (Å²) in [6, 6.07) is 5.94. The molecule has 0 aliphatic carbocycles.